The van der Waals surface area contributed by atoms with Crippen molar-refractivity contribution in [2.75, 3.05) is 40.3 Å². The highest BCUT2D eigenvalue weighted by Gasteiger charge is 2.08. The summed E-state index contributed by atoms with van der Waals surface area (Å²) >= 11 is 1.75. The molecule has 0 radical (unpaired) electrons. The predicted octanol–water partition coefficient (Wildman–Crippen LogP) is 1.87. The minimum atomic E-state index is -0.0738. The predicted molar refractivity (Wildman–Crippen MR) is 82.4 cm³/mol. The maximum absolute atomic E-state index is 8.77. The van der Waals surface area contributed by atoms with Crippen LogP contribution in [0.4, 0.5) is 0 Å². The third-order valence-corrected chi connectivity index (χ3v) is 3.85. The van der Waals surface area contributed by atoms with Crippen molar-refractivity contribution < 1.29 is 5.11 Å². The smallest absolute Gasteiger partial charge is 0.104 e. The Morgan fingerprint density at radius 3 is 2.74 bits per heavy atom. The second-order valence-corrected chi connectivity index (χ2v) is 5.74. The van der Waals surface area contributed by atoms with Crippen molar-refractivity contribution in [3.63, 3.8) is 0 Å². The van der Waals surface area contributed by atoms with Gasteiger partial charge in [-0.2, -0.15) is 0 Å². The van der Waals surface area contributed by atoms with E-state index >= 15 is 0 Å². The Bertz CT molecular complexity index is 417. The van der Waals surface area contributed by atoms with E-state index in [4.69, 9.17) is 5.11 Å². The summed E-state index contributed by atoms with van der Waals surface area (Å²) in [5, 5.41) is 10.8. The van der Waals surface area contributed by atoms with E-state index in [2.05, 4.69) is 48.0 Å². The highest BCUT2D eigenvalue weighted by Crippen LogP contribution is 2.18. The Labute approximate surface area is 120 Å². The quantitative estimate of drug-likeness (QED) is 0.772. The van der Waals surface area contributed by atoms with Crippen molar-refractivity contribution in [1.82, 2.24) is 9.80 Å². The fourth-order valence-corrected chi connectivity index (χ4v) is 2.74. The van der Waals surface area contributed by atoms with Crippen LogP contribution in [0.1, 0.15) is 23.8 Å². The lowest BCUT2D eigenvalue weighted by molar-refractivity contribution is 0.261. The number of nitrogens with zero attached hydrogens (tertiary/aromatic N) is 2. The van der Waals surface area contributed by atoms with E-state index in [9.17, 15) is 0 Å². The number of hydrogen-bond donors (Lipinski definition) is 1. The lowest BCUT2D eigenvalue weighted by atomic mass is 10.2. The first-order valence-corrected chi connectivity index (χ1v) is 7.58. The van der Waals surface area contributed by atoms with Crippen LogP contribution in [0.25, 0.3) is 0 Å². The van der Waals surface area contributed by atoms with Gasteiger partial charge in [0.05, 0.1) is 0 Å². The van der Waals surface area contributed by atoms with Crippen LogP contribution in [0.5, 0.6) is 0 Å². The Morgan fingerprint density at radius 1 is 1.32 bits per heavy atom. The van der Waals surface area contributed by atoms with Crippen molar-refractivity contribution in [2.24, 2.45) is 0 Å². The van der Waals surface area contributed by atoms with Crippen LogP contribution in [0.2, 0.25) is 0 Å². The maximum atomic E-state index is 8.77. The first-order chi connectivity index (χ1) is 9.17. The van der Waals surface area contributed by atoms with Gasteiger partial charge in [-0.1, -0.05) is 18.8 Å². The zero-order valence-corrected chi connectivity index (χ0v) is 13.0. The fraction of sp³-hybridized carbons (Fsp3) is 0.600. The van der Waals surface area contributed by atoms with Gasteiger partial charge in [-0.3, -0.25) is 4.90 Å². The summed E-state index contributed by atoms with van der Waals surface area (Å²) in [6.45, 7) is 6.37. The Morgan fingerprint density at radius 2 is 2.11 bits per heavy atom. The van der Waals surface area contributed by atoms with E-state index in [1.165, 1.54) is 11.3 Å². The van der Waals surface area contributed by atoms with Gasteiger partial charge < -0.3 is 10.0 Å². The molecule has 0 saturated heterocycles. The van der Waals surface area contributed by atoms with Crippen LogP contribution >= 0.6 is 11.3 Å². The molecule has 1 heterocycles. The van der Waals surface area contributed by atoms with E-state index in [-0.39, 0.29) is 6.61 Å². The Kier molecular flexibility index (Phi) is 7.76. The molecule has 106 valence electrons. The van der Waals surface area contributed by atoms with Gasteiger partial charge in [0.1, 0.15) is 6.61 Å². The van der Waals surface area contributed by atoms with E-state index in [0.29, 0.717) is 0 Å². The monoisotopic (exact) mass is 280 g/mol. The molecular weight excluding hydrogens is 256 g/mol. The van der Waals surface area contributed by atoms with Crippen LogP contribution in [-0.4, -0.2) is 55.2 Å². The number of rotatable bonds is 7. The SMILES string of the molecule is CCN(CCCN(C)C)Cc1sccc1C#CCO. The molecule has 1 aromatic heterocycles. The molecule has 3 nitrogen and oxygen atoms in total. The maximum Gasteiger partial charge on any atom is 0.104 e. The number of aliphatic hydroxyl groups is 1. The molecule has 1 aromatic rings. The van der Waals surface area contributed by atoms with Crippen molar-refractivity contribution >= 4 is 11.3 Å². The van der Waals surface area contributed by atoms with Crippen LogP contribution in [-0.2, 0) is 6.54 Å². The molecule has 0 aliphatic carbocycles. The largest absolute Gasteiger partial charge is 0.384 e. The van der Waals surface area contributed by atoms with E-state index in [0.717, 1.165) is 31.7 Å². The average Bonchev–Trinajstić information content (AvgIpc) is 2.82. The zero-order valence-electron chi connectivity index (χ0n) is 12.1. The van der Waals surface area contributed by atoms with Gasteiger partial charge in [0.25, 0.3) is 0 Å². The first kappa shape index (κ1) is 16.2. The summed E-state index contributed by atoms with van der Waals surface area (Å²) in [5.41, 5.74) is 1.06. The van der Waals surface area contributed by atoms with Crippen molar-refractivity contribution in [1.29, 1.82) is 0 Å². The molecule has 0 bridgehead atoms. The van der Waals surface area contributed by atoms with E-state index < -0.39 is 0 Å². The van der Waals surface area contributed by atoms with Crippen LogP contribution < -0.4 is 0 Å². The molecule has 1 N–H and O–H groups in total. The number of thiophene rings is 1. The van der Waals surface area contributed by atoms with Gasteiger partial charge in [-0.25, -0.2) is 0 Å². The second kappa shape index (κ2) is 9.11. The van der Waals surface area contributed by atoms with E-state index in [1.54, 1.807) is 11.3 Å². The molecule has 0 saturated carbocycles. The summed E-state index contributed by atoms with van der Waals surface area (Å²) in [4.78, 5) is 5.96. The summed E-state index contributed by atoms with van der Waals surface area (Å²) in [5.74, 6) is 5.75. The number of hydrogen-bond acceptors (Lipinski definition) is 4. The minimum Gasteiger partial charge on any atom is -0.384 e. The average molecular weight is 280 g/mol. The molecular formula is C15H24N2OS. The van der Waals surface area contributed by atoms with Gasteiger partial charge in [0.15, 0.2) is 0 Å². The molecule has 4 heteroatoms. The van der Waals surface area contributed by atoms with Gasteiger partial charge >= 0.3 is 0 Å². The third-order valence-electron chi connectivity index (χ3n) is 2.94. The lowest BCUT2D eigenvalue weighted by Gasteiger charge is -2.21. The molecule has 0 atom stereocenters. The van der Waals surface area contributed by atoms with Crippen LogP contribution in [0, 0.1) is 11.8 Å². The van der Waals surface area contributed by atoms with Gasteiger partial charge in [-0.15, -0.1) is 11.3 Å². The molecule has 1 rings (SSSR count). The molecule has 0 aliphatic heterocycles. The molecule has 0 aromatic carbocycles. The topological polar surface area (TPSA) is 26.7 Å². The first-order valence-electron chi connectivity index (χ1n) is 6.70. The highest BCUT2D eigenvalue weighted by atomic mass is 32.1. The molecule has 0 spiro atoms. The summed E-state index contributed by atoms with van der Waals surface area (Å²) in [6.07, 6.45) is 1.18. The molecule has 0 fully saturated rings. The molecule has 19 heavy (non-hydrogen) atoms. The lowest BCUT2D eigenvalue weighted by Crippen LogP contribution is -2.26. The van der Waals surface area contributed by atoms with Crippen molar-refractivity contribution in [3.8, 4) is 11.8 Å². The van der Waals surface area contributed by atoms with E-state index in [1.807, 2.05) is 6.07 Å². The molecule has 0 aliphatic rings. The minimum absolute atomic E-state index is 0.0738. The number of aliphatic hydroxyl groups excluding tert-OH is 1. The van der Waals surface area contributed by atoms with Crippen molar-refractivity contribution in [3.05, 3.63) is 21.9 Å². The zero-order chi connectivity index (χ0) is 14.1. The highest BCUT2D eigenvalue weighted by molar-refractivity contribution is 7.10. The summed E-state index contributed by atoms with van der Waals surface area (Å²) in [7, 11) is 4.22. The third kappa shape index (κ3) is 6.22. The Hall–Kier alpha value is -0.860. The van der Waals surface area contributed by atoms with Crippen molar-refractivity contribution in [2.45, 2.75) is 19.9 Å². The summed E-state index contributed by atoms with van der Waals surface area (Å²) < 4.78 is 0. The molecule has 0 amide bonds. The van der Waals surface area contributed by atoms with Crippen LogP contribution in [0.15, 0.2) is 11.4 Å². The Balaban J connectivity index is 2.53. The van der Waals surface area contributed by atoms with Gasteiger partial charge in [0.2, 0.25) is 0 Å². The fourth-order valence-electron chi connectivity index (χ4n) is 1.87. The second-order valence-electron chi connectivity index (χ2n) is 4.74. The van der Waals surface area contributed by atoms with Gasteiger partial charge in [-0.05, 0) is 51.6 Å². The van der Waals surface area contributed by atoms with Gasteiger partial charge in [0, 0.05) is 17.0 Å². The standard InChI is InChI=1S/C15H24N2OS/c1-4-17(10-6-9-16(2)3)13-15-14(7-5-11-18)8-12-19-15/h8,12,18H,4,6,9-11,13H2,1-3H3. The normalized spacial score (nSPS) is 10.8. The van der Waals surface area contributed by atoms with Crippen LogP contribution in [0.3, 0.4) is 0 Å². The summed E-state index contributed by atoms with van der Waals surface area (Å²) in [6, 6.07) is 2.04. The molecule has 0 unspecified atom stereocenters.